The summed E-state index contributed by atoms with van der Waals surface area (Å²) < 4.78 is 7.75. The van der Waals surface area contributed by atoms with Gasteiger partial charge in [0.2, 0.25) is 0 Å². The van der Waals surface area contributed by atoms with Crippen molar-refractivity contribution in [1.29, 1.82) is 5.26 Å². The first-order valence-corrected chi connectivity index (χ1v) is 6.87. The number of nitriles is 1. The van der Waals surface area contributed by atoms with Crippen molar-refractivity contribution in [3.05, 3.63) is 28.5 Å². The molecule has 2 rings (SSSR count). The summed E-state index contributed by atoms with van der Waals surface area (Å²) >= 11 is 5.35. The van der Waals surface area contributed by atoms with Gasteiger partial charge in [-0.2, -0.15) is 5.26 Å². The lowest BCUT2D eigenvalue weighted by molar-refractivity contribution is 0.159. The van der Waals surface area contributed by atoms with Crippen molar-refractivity contribution >= 4 is 23.3 Å². The summed E-state index contributed by atoms with van der Waals surface area (Å²) in [5.74, 6) is 0. The summed E-state index contributed by atoms with van der Waals surface area (Å²) in [6.45, 7) is 3.26. The number of likely N-dealkylation sites (N-methyl/N-ethyl adjacent to an activating group) is 1. The molecule has 0 fully saturated rings. The van der Waals surface area contributed by atoms with E-state index in [0.717, 1.165) is 30.7 Å². The van der Waals surface area contributed by atoms with Gasteiger partial charge >= 0.3 is 0 Å². The van der Waals surface area contributed by atoms with Gasteiger partial charge < -0.3 is 19.2 Å². The Bertz CT molecular complexity index is 683. The molecule has 1 aromatic heterocycles. The number of aromatic amines is 1. The van der Waals surface area contributed by atoms with E-state index in [1.807, 2.05) is 16.7 Å². The Morgan fingerprint density at radius 3 is 2.95 bits per heavy atom. The monoisotopic (exact) mass is 290 g/mol. The van der Waals surface area contributed by atoms with Crippen LogP contribution in [0.25, 0.3) is 11.0 Å². The maximum Gasteiger partial charge on any atom is 0.178 e. The second-order valence-electron chi connectivity index (χ2n) is 4.69. The Morgan fingerprint density at radius 2 is 2.25 bits per heavy atom. The lowest BCUT2D eigenvalue weighted by Crippen LogP contribution is -2.26. The van der Waals surface area contributed by atoms with Gasteiger partial charge in [-0.1, -0.05) is 6.07 Å². The lowest BCUT2D eigenvalue weighted by atomic mass is 10.2. The molecule has 0 saturated carbocycles. The Hall–Kier alpha value is -1.68. The fourth-order valence-corrected chi connectivity index (χ4v) is 2.42. The molecule has 1 aromatic carbocycles. The van der Waals surface area contributed by atoms with Gasteiger partial charge in [-0.3, -0.25) is 0 Å². The van der Waals surface area contributed by atoms with Crippen LogP contribution in [0.1, 0.15) is 5.56 Å². The molecule has 6 heteroatoms. The van der Waals surface area contributed by atoms with Gasteiger partial charge in [0.25, 0.3) is 0 Å². The van der Waals surface area contributed by atoms with Gasteiger partial charge in [-0.15, -0.1) is 0 Å². The van der Waals surface area contributed by atoms with Crippen LogP contribution in [0.4, 0.5) is 0 Å². The van der Waals surface area contributed by atoms with Crippen LogP contribution < -0.4 is 0 Å². The Kier molecular flexibility index (Phi) is 4.90. The van der Waals surface area contributed by atoms with Crippen molar-refractivity contribution in [3.63, 3.8) is 0 Å². The maximum atomic E-state index is 9.12. The number of aromatic nitrogens is 2. The molecule has 1 N–H and O–H groups in total. The number of H-pyrrole nitrogens is 1. The minimum atomic E-state index is 0.625. The first kappa shape index (κ1) is 14.7. The fourth-order valence-electron chi connectivity index (χ4n) is 2.13. The molecule has 0 radical (unpaired) electrons. The molecular weight excluding hydrogens is 272 g/mol. The zero-order valence-electron chi connectivity index (χ0n) is 11.7. The highest BCUT2D eigenvalue weighted by Crippen LogP contribution is 2.17. The fraction of sp³-hybridized carbons (Fsp3) is 0.429. The number of para-hydroxylation sites is 1. The number of nitrogens with zero attached hydrogens (tertiary/aromatic N) is 3. The van der Waals surface area contributed by atoms with Crippen LogP contribution in [0.15, 0.2) is 18.2 Å². The summed E-state index contributed by atoms with van der Waals surface area (Å²) in [5.41, 5.74) is 2.42. The molecule has 1 heterocycles. The van der Waals surface area contributed by atoms with Crippen molar-refractivity contribution < 1.29 is 4.74 Å². The first-order chi connectivity index (χ1) is 9.67. The predicted molar refractivity (Wildman–Crippen MR) is 81.2 cm³/mol. The molecule has 0 saturated heterocycles. The second kappa shape index (κ2) is 6.66. The van der Waals surface area contributed by atoms with Crippen molar-refractivity contribution in [2.45, 2.75) is 6.54 Å². The van der Waals surface area contributed by atoms with E-state index in [2.05, 4.69) is 23.0 Å². The minimum Gasteiger partial charge on any atom is -0.383 e. The molecular formula is C14H18N4OS. The summed E-state index contributed by atoms with van der Waals surface area (Å²) in [6.07, 6.45) is 0. The van der Waals surface area contributed by atoms with E-state index < -0.39 is 0 Å². The molecule has 5 nitrogen and oxygen atoms in total. The third-order valence-corrected chi connectivity index (χ3v) is 3.64. The van der Waals surface area contributed by atoms with E-state index in [0.29, 0.717) is 16.9 Å². The molecule has 0 spiro atoms. The van der Waals surface area contributed by atoms with E-state index in [1.165, 1.54) is 0 Å². The zero-order chi connectivity index (χ0) is 14.5. The van der Waals surface area contributed by atoms with Crippen molar-refractivity contribution in [3.8, 4) is 6.07 Å². The van der Waals surface area contributed by atoms with Gasteiger partial charge in [0.1, 0.15) is 6.07 Å². The number of hydrogen-bond donors (Lipinski definition) is 1. The number of rotatable bonds is 6. The van der Waals surface area contributed by atoms with E-state index in [9.17, 15) is 0 Å². The van der Waals surface area contributed by atoms with Crippen molar-refractivity contribution in [2.75, 3.05) is 33.9 Å². The normalized spacial score (nSPS) is 11.1. The van der Waals surface area contributed by atoms with E-state index in [4.69, 9.17) is 22.2 Å². The largest absolute Gasteiger partial charge is 0.383 e. The molecule has 0 unspecified atom stereocenters. The Morgan fingerprint density at radius 1 is 1.45 bits per heavy atom. The molecule has 2 aromatic rings. The minimum absolute atomic E-state index is 0.625. The van der Waals surface area contributed by atoms with Gasteiger partial charge in [-0.05, 0) is 31.4 Å². The topological polar surface area (TPSA) is 57.0 Å². The van der Waals surface area contributed by atoms with Crippen molar-refractivity contribution in [2.24, 2.45) is 0 Å². The van der Waals surface area contributed by atoms with Crippen LogP contribution in [0.2, 0.25) is 0 Å². The molecule has 0 bridgehead atoms. The molecule has 20 heavy (non-hydrogen) atoms. The lowest BCUT2D eigenvalue weighted by Gasteiger charge is -2.16. The van der Waals surface area contributed by atoms with Crippen LogP contribution >= 0.6 is 12.2 Å². The van der Waals surface area contributed by atoms with E-state index >= 15 is 0 Å². The number of methoxy groups -OCH3 is 1. The van der Waals surface area contributed by atoms with Crippen LogP contribution in [0.5, 0.6) is 0 Å². The van der Waals surface area contributed by atoms with Crippen molar-refractivity contribution in [1.82, 2.24) is 14.5 Å². The average molecular weight is 290 g/mol. The van der Waals surface area contributed by atoms with Crippen LogP contribution in [0, 0.1) is 16.1 Å². The summed E-state index contributed by atoms with van der Waals surface area (Å²) in [7, 11) is 3.76. The van der Waals surface area contributed by atoms with Gasteiger partial charge in [0, 0.05) is 26.7 Å². The highest BCUT2D eigenvalue weighted by molar-refractivity contribution is 7.71. The van der Waals surface area contributed by atoms with Crippen LogP contribution in [0.3, 0.4) is 0 Å². The van der Waals surface area contributed by atoms with Gasteiger partial charge in [0.05, 0.1) is 23.2 Å². The Labute approximate surface area is 123 Å². The highest BCUT2D eigenvalue weighted by atomic mass is 32.1. The third-order valence-electron chi connectivity index (χ3n) is 3.31. The number of nitrogens with one attached hydrogen (secondary N) is 1. The number of hydrogen-bond acceptors (Lipinski definition) is 4. The molecule has 0 aliphatic rings. The average Bonchev–Trinajstić information content (AvgIpc) is 2.78. The third kappa shape index (κ3) is 3.07. The second-order valence-corrected chi connectivity index (χ2v) is 5.08. The van der Waals surface area contributed by atoms with E-state index in [-0.39, 0.29) is 0 Å². The molecule has 0 aliphatic carbocycles. The smallest absolute Gasteiger partial charge is 0.178 e. The Balaban J connectivity index is 2.21. The molecule has 106 valence electrons. The number of fused-ring (bicyclic) bond motifs is 1. The standard InChI is InChI=1S/C14H18N4OS/c1-17(8-9-19-2)6-7-18-12-5-3-4-11(10-15)13(12)16-14(18)20/h3-5H,6-9H2,1-2H3,(H,16,20). The quantitative estimate of drug-likeness (QED) is 0.828. The number of ether oxygens (including phenoxy) is 1. The van der Waals surface area contributed by atoms with E-state index in [1.54, 1.807) is 13.2 Å². The molecule has 0 aliphatic heterocycles. The van der Waals surface area contributed by atoms with Gasteiger partial charge in [-0.25, -0.2) is 0 Å². The first-order valence-electron chi connectivity index (χ1n) is 6.46. The summed E-state index contributed by atoms with van der Waals surface area (Å²) in [6, 6.07) is 7.85. The number of imidazole rings is 1. The van der Waals surface area contributed by atoms with Crippen LogP contribution in [-0.4, -0.2) is 48.3 Å². The maximum absolute atomic E-state index is 9.12. The zero-order valence-corrected chi connectivity index (χ0v) is 12.5. The summed E-state index contributed by atoms with van der Waals surface area (Å²) in [4.78, 5) is 5.32. The SMILES string of the molecule is COCCN(C)CCn1c(=S)[nH]c2c(C#N)cccc21. The summed E-state index contributed by atoms with van der Waals surface area (Å²) in [5, 5.41) is 9.12. The number of benzene rings is 1. The van der Waals surface area contributed by atoms with Crippen LogP contribution in [-0.2, 0) is 11.3 Å². The highest BCUT2D eigenvalue weighted by Gasteiger charge is 2.08. The predicted octanol–water partition coefficient (Wildman–Crippen LogP) is 2.15. The molecule has 0 amide bonds. The van der Waals surface area contributed by atoms with Gasteiger partial charge in [0.15, 0.2) is 4.77 Å². The molecule has 0 atom stereocenters.